The van der Waals surface area contributed by atoms with E-state index < -0.39 is 18.0 Å². The van der Waals surface area contributed by atoms with Gasteiger partial charge in [0.25, 0.3) is 0 Å². The fourth-order valence-corrected chi connectivity index (χ4v) is 3.00. The number of carbonyl (C=O) groups excluding carboxylic acids is 3. The van der Waals surface area contributed by atoms with Crippen molar-refractivity contribution >= 4 is 23.3 Å². The predicted molar refractivity (Wildman–Crippen MR) is 98.0 cm³/mol. The van der Waals surface area contributed by atoms with Crippen LogP contribution in [0.2, 0.25) is 0 Å². The fourth-order valence-electron chi connectivity index (χ4n) is 3.00. The molecule has 0 unspecified atom stereocenters. The molecule has 0 spiro atoms. The van der Waals surface area contributed by atoms with Gasteiger partial charge >= 0.3 is 5.97 Å². The first-order chi connectivity index (χ1) is 12.5. The molecule has 26 heavy (non-hydrogen) atoms. The maximum absolute atomic E-state index is 12.4. The number of Topliss-reactive ketones (excluding diaryl/α,β-unsaturated/α-hetero) is 1. The first-order valence-corrected chi connectivity index (χ1v) is 8.62. The van der Waals surface area contributed by atoms with Crippen molar-refractivity contribution in [1.82, 2.24) is 0 Å². The Morgan fingerprint density at radius 3 is 2.38 bits per heavy atom. The number of anilines is 1. The van der Waals surface area contributed by atoms with Gasteiger partial charge in [-0.25, -0.2) is 0 Å². The number of carbonyl (C=O) groups is 3. The van der Waals surface area contributed by atoms with Crippen molar-refractivity contribution in [3.63, 3.8) is 0 Å². The fraction of sp³-hybridized carbons (Fsp3) is 0.286. The van der Waals surface area contributed by atoms with Gasteiger partial charge < -0.3 is 9.64 Å². The Balaban J connectivity index is 1.62. The van der Waals surface area contributed by atoms with Crippen LogP contribution >= 0.6 is 0 Å². The summed E-state index contributed by atoms with van der Waals surface area (Å²) in [6, 6.07) is 16.3. The molecule has 1 aliphatic heterocycles. The molecular weight excluding hydrogens is 330 g/mol. The van der Waals surface area contributed by atoms with E-state index >= 15 is 0 Å². The minimum absolute atomic E-state index is 0.0964. The molecule has 2 aromatic rings. The highest BCUT2D eigenvalue weighted by Gasteiger charge is 2.37. The molecule has 5 nitrogen and oxygen atoms in total. The molecule has 1 saturated heterocycles. The normalized spacial score (nSPS) is 17.8. The number of amides is 1. The van der Waals surface area contributed by atoms with Crippen molar-refractivity contribution in [2.75, 3.05) is 11.4 Å². The van der Waals surface area contributed by atoms with Gasteiger partial charge in [-0.1, -0.05) is 48.0 Å². The minimum atomic E-state index is -0.883. The van der Waals surface area contributed by atoms with Gasteiger partial charge in [0.2, 0.25) is 11.7 Å². The van der Waals surface area contributed by atoms with Gasteiger partial charge in [0.05, 0.1) is 5.92 Å². The number of para-hydroxylation sites is 1. The summed E-state index contributed by atoms with van der Waals surface area (Å²) in [6.45, 7) is 3.77. The summed E-state index contributed by atoms with van der Waals surface area (Å²) in [5, 5.41) is 0. The molecule has 1 amide bonds. The molecule has 1 fully saturated rings. The molecule has 134 valence electrons. The molecule has 0 aromatic heterocycles. The smallest absolute Gasteiger partial charge is 0.312 e. The van der Waals surface area contributed by atoms with Crippen LogP contribution in [-0.4, -0.2) is 30.3 Å². The van der Waals surface area contributed by atoms with E-state index in [4.69, 9.17) is 4.74 Å². The zero-order valence-electron chi connectivity index (χ0n) is 14.8. The van der Waals surface area contributed by atoms with Crippen molar-refractivity contribution < 1.29 is 19.1 Å². The summed E-state index contributed by atoms with van der Waals surface area (Å²) in [5.41, 5.74) is 2.32. The monoisotopic (exact) mass is 351 g/mol. The van der Waals surface area contributed by atoms with Crippen molar-refractivity contribution in [2.45, 2.75) is 26.4 Å². The Bertz CT molecular complexity index is 814. The number of aryl methyl sites for hydroxylation is 1. The predicted octanol–water partition coefficient (Wildman–Crippen LogP) is 3.16. The number of hydrogen-bond donors (Lipinski definition) is 0. The lowest BCUT2D eigenvalue weighted by Crippen LogP contribution is -2.30. The molecule has 0 N–H and O–H groups in total. The van der Waals surface area contributed by atoms with E-state index in [1.807, 2.05) is 49.4 Å². The highest BCUT2D eigenvalue weighted by atomic mass is 16.5. The zero-order chi connectivity index (χ0) is 18.7. The highest BCUT2D eigenvalue weighted by Crippen LogP contribution is 2.26. The summed E-state index contributed by atoms with van der Waals surface area (Å²) in [5.74, 6) is -1.43. The van der Waals surface area contributed by atoms with E-state index in [0.29, 0.717) is 5.56 Å². The van der Waals surface area contributed by atoms with Crippen molar-refractivity contribution in [2.24, 2.45) is 5.92 Å². The van der Waals surface area contributed by atoms with Crippen LogP contribution in [0, 0.1) is 12.8 Å². The second-order valence-corrected chi connectivity index (χ2v) is 6.55. The molecule has 5 heteroatoms. The molecule has 1 aliphatic rings. The third-order valence-corrected chi connectivity index (χ3v) is 4.52. The van der Waals surface area contributed by atoms with E-state index in [1.165, 1.54) is 0 Å². The molecule has 2 aromatic carbocycles. The zero-order valence-corrected chi connectivity index (χ0v) is 14.8. The van der Waals surface area contributed by atoms with Gasteiger partial charge in [0.15, 0.2) is 6.10 Å². The molecule has 0 radical (unpaired) electrons. The topological polar surface area (TPSA) is 63.7 Å². The van der Waals surface area contributed by atoms with Gasteiger partial charge in [-0.3, -0.25) is 14.4 Å². The third-order valence-electron chi connectivity index (χ3n) is 4.52. The van der Waals surface area contributed by atoms with Crippen LogP contribution in [-0.2, 0) is 14.3 Å². The van der Waals surface area contributed by atoms with Crippen LogP contribution < -0.4 is 4.90 Å². The van der Waals surface area contributed by atoms with Crippen molar-refractivity contribution in [1.29, 1.82) is 0 Å². The van der Waals surface area contributed by atoms with Crippen molar-refractivity contribution in [3.05, 3.63) is 65.7 Å². The Labute approximate surface area is 152 Å². The average Bonchev–Trinajstić information content (AvgIpc) is 3.04. The first-order valence-electron chi connectivity index (χ1n) is 8.62. The van der Waals surface area contributed by atoms with Crippen molar-refractivity contribution in [3.8, 4) is 0 Å². The van der Waals surface area contributed by atoms with Crippen LogP contribution in [0.15, 0.2) is 54.6 Å². The number of rotatable bonds is 5. The second-order valence-electron chi connectivity index (χ2n) is 6.55. The van der Waals surface area contributed by atoms with Gasteiger partial charge in [-0.15, -0.1) is 0 Å². The second kappa shape index (κ2) is 7.52. The van der Waals surface area contributed by atoms with E-state index in [2.05, 4.69) is 0 Å². The molecule has 0 bridgehead atoms. The van der Waals surface area contributed by atoms with E-state index in [-0.39, 0.29) is 24.7 Å². The quantitative estimate of drug-likeness (QED) is 0.613. The number of hydrogen-bond acceptors (Lipinski definition) is 4. The first kappa shape index (κ1) is 17.9. The lowest BCUT2D eigenvalue weighted by molar-refractivity contribution is -0.151. The Morgan fingerprint density at radius 1 is 1.08 bits per heavy atom. The Kier molecular flexibility index (Phi) is 5.16. The third kappa shape index (κ3) is 3.82. The molecule has 3 rings (SSSR count). The van der Waals surface area contributed by atoms with Crippen LogP contribution in [0.4, 0.5) is 5.69 Å². The summed E-state index contributed by atoms with van der Waals surface area (Å²) < 4.78 is 5.35. The summed E-state index contributed by atoms with van der Waals surface area (Å²) >= 11 is 0. The maximum Gasteiger partial charge on any atom is 0.312 e. The largest absolute Gasteiger partial charge is 0.454 e. The van der Waals surface area contributed by atoms with E-state index in [9.17, 15) is 14.4 Å². The molecule has 0 aliphatic carbocycles. The molecular formula is C21H21NO4. The van der Waals surface area contributed by atoms with Crippen LogP contribution in [0.5, 0.6) is 0 Å². The van der Waals surface area contributed by atoms with Gasteiger partial charge in [0, 0.05) is 24.2 Å². The maximum atomic E-state index is 12.4. The lowest BCUT2D eigenvalue weighted by Gasteiger charge is -2.17. The van der Waals surface area contributed by atoms with Gasteiger partial charge in [0.1, 0.15) is 0 Å². The summed E-state index contributed by atoms with van der Waals surface area (Å²) in [4.78, 5) is 38.6. The average molecular weight is 351 g/mol. The van der Waals surface area contributed by atoms with Crippen LogP contribution in [0.3, 0.4) is 0 Å². The molecule has 0 saturated carbocycles. The number of benzene rings is 2. The lowest BCUT2D eigenvalue weighted by atomic mass is 10.1. The summed E-state index contributed by atoms with van der Waals surface area (Å²) in [7, 11) is 0. The standard InChI is InChI=1S/C21H21NO4/c1-14-8-10-16(11-9-14)20(24)15(2)26-21(25)17-12-19(23)22(13-17)18-6-4-3-5-7-18/h3-11,15,17H,12-13H2,1-2H3/t15-,17-/m0/s1. The van der Waals surface area contributed by atoms with Crippen LogP contribution in [0.1, 0.15) is 29.3 Å². The Morgan fingerprint density at radius 2 is 1.73 bits per heavy atom. The van der Waals surface area contributed by atoms with E-state index in [1.54, 1.807) is 24.0 Å². The minimum Gasteiger partial charge on any atom is -0.454 e. The highest BCUT2D eigenvalue weighted by molar-refractivity contribution is 6.02. The SMILES string of the molecule is Cc1ccc(C(=O)[C@H](C)OC(=O)[C@H]2CC(=O)N(c3ccccc3)C2)cc1. The van der Waals surface area contributed by atoms with Gasteiger partial charge in [-0.2, -0.15) is 0 Å². The number of ether oxygens (including phenoxy) is 1. The number of ketones is 1. The number of nitrogens with zero attached hydrogens (tertiary/aromatic N) is 1. The van der Waals surface area contributed by atoms with E-state index in [0.717, 1.165) is 11.3 Å². The molecule has 1 heterocycles. The van der Waals surface area contributed by atoms with Gasteiger partial charge in [-0.05, 0) is 26.0 Å². The van der Waals surface area contributed by atoms with Crippen LogP contribution in [0.25, 0.3) is 0 Å². The Hall–Kier alpha value is -2.95. The number of esters is 1. The summed E-state index contributed by atoms with van der Waals surface area (Å²) in [6.07, 6.45) is -0.787. The molecule has 2 atom stereocenters.